The van der Waals surface area contributed by atoms with Crippen molar-refractivity contribution in [3.63, 3.8) is 0 Å². The third-order valence-electron chi connectivity index (χ3n) is 4.11. The van der Waals surface area contributed by atoms with E-state index >= 15 is 0 Å². The molecule has 0 bridgehead atoms. The van der Waals surface area contributed by atoms with Crippen LogP contribution in [0.15, 0.2) is 30.3 Å². The van der Waals surface area contributed by atoms with Crippen molar-refractivity contribution in [3.05, 3.63) is 35.9 Å². The van der Waals surface area contributed by atoms with Crippen LogP contribution in [0.1, 0.15) is 12.0 Å². The van der Waals surface area contributed by atoms with Gasteiger partial charge in [-0.05, 0) is 32.1 Å². The summed E-state index contributed by atoms with van der Waals surface area (Å²) in [4.78, 5) is 4.69. The average Bonchev–Trinajstić information content (AvgIpc) is 2.48. The molecule has 2 rings (SSSR count). The van der Waals surface area contributed by atoms with Crippen LogP contribution >= 0.6 is 0 Å². The highest BCUT2D eigenvalue weighted by Crippen LogP contribution is 2.07. The first-order valence-electron chi connectivity index (χ1n) is 7.85. The van der Waals surface area contributed by atoms with Gasteiger partial charge in [-0.3, -0.25) is 0 Å². The highest BCUT2D eigenvalue weighted by Gasteiger charge is 2.22. The summed E-state index contributed by atoms with van der Waals surface area (Å²) in [6, 6.07) is 10.5. The van der Waals surface area contributed by atoms with Crippen molar-refractivity contribution in [3.8, 4) is 0 Å². The number of nitrogens with zero attached hydrogens (tertiary/aromatic N) is 3. The molecular weight excluding hydrogens is 298 g/mol. The molecule has 0 atom stereocenters. The van der Waals surface area contributed by atoms with Crippen LogP contribution in [0, 0.1) is 0 Å². The van der Waals surface area contributed by atoms with E-state index < -0.39 is 10.0 Å². The molecular formula is C16H27N3O2S. The molecule has 1 fully saturated rings. The second-order valence-electron chi connectivity index (χ2n) is 6.08. The molecule has 0 saturated carbocycles. The molecule has 1 aliphatic rings. The number of hydrogen-bond donors (Lipinski definition) is 0. The van der Waals surface area contributed by atoms with E-state index in [0.29, 0.717) is 13.1 Å². The van der Waals surface area contributed by atoms with Crippen LogP contribution in [0.25, 0.3) is 0 Å². The highest BCUT2D eigenvalue weighted by molar-refractivity contribution is 7.88. The summed E-state index contributed by atoms with van der Waals surface area (Å²) in [5.41, 5.74) is 1.34. The molecule has 0 spiro atoms. The Labute approximate surface area is 134 Å². The SMILES string of the molecule is CN(CCCN1CCN(S(C)(=O)=O)CC1)Cc1ccccc1. The van der Waals surface area contributed by atoms with Crippen molar-refractivity contribution in [2.45, 2.75) is 13.0 Å². The predicted molar refractivity (Wildman–Crippen MR) is 90.2 cm³/mol. The normalized spacial score (nSPS) is 18.0. The van der Waals surface area contributed by atoms with Gasteiger partial charge in [-0.2, -0.15) is 4.31 Å². The Morgan fingerprint density at radius 3 is 2.32 bits per heavy atom. The minimum Gasteiger partial charge on any atom is -0.302 e. The Morgan fingerprint density at radius 2 is 1.73 bits per heavy atom. The molecule has 1 aliphatic heterocycles. The van der Waals surface area contributed by atoms with Crippen LogP contribution in [0.5, 0.6) is 0 Å². The summed E-state index contributed by atoms with van der Waals surface area (Å²) in [6.07, 6.45) is 2.41. The maximum absolute atomic E-state index is 11.5. The van der Waals surface area contributed by atoms with Crippen LogP contribution in [0.3, 0.4) is 0 Å². The largest absolute Gasteiger partial charge is 0.302 e. The highest BCUT2D eigenvalue weighted by atomic mass is 32.2. The van der Waals surface area contributed by atoms with Gasteiger partial charge in [0.25, 0.3) is 0 Å². The number of rotatable bonds is 7. The average molecular weight is 325 g/mol. The molecule has 0 aromatic heterocycles. The third kappa shape index (κ3) is 5.68. The fourth-order valence-corrected chi connectivity index (χ4v) is 3.65. The van der Waals surface area contributed by atoms with E-state index in [1.54, 1.807) is 4.31 Å². The van der Waals surface area contributed by atoms with Crippen LogP contribution in [0.4, 0.5) is 0 Å². The van der Waals surface area contributed by atoms with Crippen LogP contribution in [0.2, 0.25) is 0 Å². The monoisotopic (exact) mass is 325 g/mol. The van der Waals surface area contributed by atoms with Gasteiger partial charge >= 0.3 is 0 Å². The first-order valence-corrected chi connectivity index (χ1v) is 9.70. The molecule has 1 aromatic carbocycles. The molecule has 0 aliphatic carbocycles. The lowest BCUT2D eigenvalue weighted by molar-refractivity contribution is 0.178. The van der Waals surface area contributed by atoms with Crippen LogP contribution in [-0.2, 0) is 16.6 Å². The lowest BCUT2D eigenvalue weighted by Gasteiger charge is -2.33. The molecule has 5 nitrogen and oxygen atoms in total. The van der Waals surface area contributed by atoms with Crippen LogP contribution in [-0.4, -0.2) is 75.1 Å². The van der Waals surface area contributed by atoms with Gasteiger partial charge in [0.2, 0.25) is 10.0 Å². The third-order valence-corrected chi connectivity index (χ3v) is 5.41. The summed E-state index contributed by atoms with van der Waals surface area (Å²) in [6.45, 7) is 6.00. The van der Waals surface area contributed by atoms with Crippen molar-refractivity contribution in [2.75, 3.05) is 52.6 Å². The molecule has 1 heterocycles. The topological polar surface area (TPSA) is 43.9 Å². The number of benzene rings is 1. The van der Waals surface area contributed by atoms with Crippen molar-refractivity contribution >= 4 is 10.0 Å². The maximum Gasteiger partial charge on any atom is 0.211 e. The Hall–Kier alpha value is -0.950. The maximum atomic E-state index is 11.5. The second kappa shape index (κ2) is 8.06. The molecule has 0 radical (unpaired) electrons. The molecule has 0 N–H and O–H groups in total. The molecule has 0 unspecified atom stereocenters. The van der Waals surface area contributed by atoms with E-state index in [1.807, 2.05) is 6.07 Å². The van der Waals surface area contributed by atoms with E-state index in [9.17, 15) is 8.42 Å². The van der Waals surface area contributed by atoms with E-state index in [1.165, 1.54) is 11.8 Å². The molecule has 1 saturated heterocycles. The first-order chi connectivity index (χ1) is 10.4. The molecule has 1 aromatic rings. The van der Waals surface area contributed by atoms with Gasteiger partial charge in [0.1, 0.15) is 0 Å². The van der Waals surface area contributed by atoms with E-state index in [-0.39, 0.29) is 0 Å². The first kappa shape index (κ1) is 17.4. The summed E-state index contributed by atoms with van der Waals surface area (Å²) in [7, 11) is -0.872. The fraction of sp³-hybridized carbons (Fsp3) is 0.625. The van der Waals surface area contributed by atoms with Crippen LogP contribution < -0.4 is 0 Å². The smallest absolute Gasteiger partial charge is 0.211 e. The Morgan fingerprint density at radius 1 is 1.09 bits per heavy atom. The van der Waals surface area contributed by atoms with Gasteiger partial charge in [0.15, 0.2) is 0 Å². The van der Waals surface area contributed by atoms with Gasteiger partial charge in [-0.1, -0.05) is 30.3 Å². The number of piperazine rings is 1. The quantitative estimate of drug-likeness (QED) is 0.753. The zero-order chi connectivity index (χ0) is 16.0. The number of sulfonamides is 1. The Bertz CT molecular complexity index is 540. The molecule has 0 amide bonds. The Balaban J connectivity index is 1.63. The van der Waals surface area contributed by atoms with E-state index in [0.717, 1.165) is 39.1 Å². The lowest BCUT2D eigenvalue weighted by atomic mass is 10.2. The lowest BCUT2D eigenvalue weighted by Crippen LogP contribution is -2.48. The number of hydrogen-bond acceptors (Lipinski definition) is 4. The second-order valence-corrected chi connectivity index (χ2v) is 8.06. The van der Waals surface area contributed by atoms with E-state index in [2.05, 4.69) is 41.1 Å². The van der Waals surface area contributed by atoms with E-state index in [4.69, 9.17) is 0 Å². The van der Waals surface area contributed by atoms with Gasteiger partial charge in [-0.25, -0.2) is 8.42 Å². The van der Waals surface area contributed by atoms with Crippen molar-refractivity contribution in [1.82, 2.24) is 14.1 Å². The predicted octanol–water partition coefficient (Wildman–Crippen LogP) is 1.09. The van der Waals surface area contributed by atoms with Gasteiger partial charge in [-0.15, -0.1) is 0 Å². The minimum atomic E-state index is -3.02. The summed E-state index contributed by atoms with van der Waals surface area (Å²) in [5.74, 6) is 0. The zero-order valence-corrected chi connectivity index (χ0v) is 14.4. The van der Waals surface area contributed by atoms with Gasteiger partial charge < -0.3 is 9.80 Å². The molecule has 6 heteroatoms. The molecule has 124 valence electrons. The summed E-state index contributed by atoms with van der Waals surface area (Å²) in [5, 5.41) is 0. The van der Waals surface area contributed by atoms with Crippen molar-refractivity contribution in [2.24, 2.45) is 0 Å². The molecule has 22 heavy (non-hydrogen) atoms. The summed E-state index contributed by atoms with van der Waals surface area (Å²) < 4.78 is 24.5. The zero-order valence-electron chi connectivity index (χ0n) is 13.6. The Kier molecular flexibility index (Phi) is 6.37. The van der Waals surface area contributed by atoms with Gasteiger partial charge in [0, 0.05) is 32.7 Å². The van der Waals surface area contributed by atoms with Crippen molar-refractivity contribution < 1.29 is 8.42 Å². The van der Waals surface area contributed by atoms with Gasteiger partial charge in [0.05, 0.1) is 6.26 Å². The standard InChI is InChI=1S/C16H27N3O2S/c1-17(15-16-7-4-3-5-8-16)9-6-10-18-11-13-19(14-12-18)22(2,20)21/h3-5,7-8H,6,9-15H2,1-2H3. The summed E-state index contributed by atoms with van der Waals surface area (Å²) >= 11 is 0. The van der Waals surface area contributed by atoms with Crippen molar-refractivity contribution in [1.29, 1.82) is 0 Å². The minimum absolute atomic E-state index is 0.624. The fourth-order valence-electron chi connectivity index (χ4n) is 2.82.